The summed E-state index contributed by atoms with van der Waals surface area (Å²) in [6.45, 7) is 0.568. The highest BCUT2D eigenvalue weighted by atomic mass is 35.5. The molecule has 0 aliphatic carbocycles. The molecule has 0 unspecified atom stereocenters. The molecule has 0 saturated carbocycles. The Morgan fingerprint density at radius 2 is 1.74 bits per heavy atom. The van der Waals surface area contributed by atoms with Gasteiger partial charge in [0.15, 0.2) is 5.82 Å². The molecule has 27 heavy (non-hydrogen) atoms. The highest BCUT2D eigenvalue weighted by Crippen LogP contribution is 2.16. The summed E-state index contributed by atoms with van der Waals surface area (Å²) in [6.07, 6.45) is 3.42. The van der Waals surface area contributed by atoms with Crippen LogP contribution in [0.25, 0.3) is 11.4 Å². The van der Waals surface area contributed by atoms with Crippen LogP contribution in [0.4, 0.5) is 0 Å². The van der Waals surface area contributed by atoms with Crippen molar-refractivity contribution in [2.45, 2.75) is 13.1 Å². The van der Waals surface area contributed by atoms with Gasteiger partial charge in [0.25, 0.3) is 5.56 Å². The lowest BCUT2D eigenvalue weighted by atomic mass is 10.2. The smallest absolute Gasteiger partial charge is 0.328 e. The Balaban J connectivity index is 1.77. The molecule has 0 radical (unpaired) electrons. The van der Waals surface area contributed by atoms with Gasteiger partial charge in [-0.15, -0.1) is 0 Å². The Kier molecular flexibility index (Phi) is 4.56. The normalized spacial score (nSPS) is 11.0. The zero-order chi connectivity index (χ0) is 18.8. The first-order valence-corrected chi connectivity index (χ1v) is 8.74. The van der Waals surface area contributed by atoms with Crippen molar-refractivity contribution in [2.24, 2.45) is 0 Å². The van der Waals surface area contributed by atoms with E-state index < -0.39 is 5.69 Å². The minimum absolute atomic E-state index is 0.0908. The first-order valence-electron chi connectivity index (χ1n) is 8.36. The summed E-state index contributed by atoms with van der Waals surface area (Å²) in [6, 6.07) is 16.2. The number of benzene rings is 1. The van der Waals surface area contributed by atoms with E-state index in [0.29, 0.717) is 28.6 Å². The number of pyridine rings is 2. The number of hydrogen-bond donors (Lipinski definition) is 0. The van der Waals surface area contributed by atoms with Gasteiger partial charge in [0, 0.05) is 24.0 Å². The molecule has 0 amide bonds. The standard InChI is InChI=1S/C20H15ClN4O2/c21-15-8-6-14(7-9-15)12-24-11-3-5-17-18(24)23-20(27)25(19(17)26)13-16-4-1-2-10-22-16/h1-11H,12-13H2. The van der Waals surface area contributed by atoms with Crippen LogP contribution in [0.15, 0.2) is 76.6 Å². The summed E-state index contributed by atoms with van der Waals surface area (Å²) in [5.41, 5.74) is 1.05. The Labute approximate surface area is 159 Å². The highest BCUT2D eigenvalue weighted by Gasteiger charge is 2.17. The lowest BCUT2D eigenvalue weighted by Gasteiger charge is -2.15. The van der Waals surface area contributed by atoms with E-state index in [2.05, 4.69) is 9.97 Å². The minimum Gasteiger partial charge on any atom is -0.328 e. The maximum atomic E-state index is 12.9. The van der Waals surface area contributed by atoms with Crippen LogP contribution in [0.5, 0.6) is 0 Å². The number of fused-ring (bicyclic) bond motifs is 1. The average molecular weight is 379 g/mol. The fourth-order valence-electron chi connectivity index (χ4n) is 2.92. The fourth-order valence-corrected chi connectivity index (χ4v) is 3.05. The van der Waals surface area contributed by atoms with Crippen molar-refractivity contribution in [3.63, 3.8) is 0 Å². The van der Waals surface area contributed by atoms with Crippen LogP contribution < -0.4 is 11.2 Å². The molecule has 2 aromatic rings. The number of hydrogen-bond acceptors (Lipinski definition) is 4. The van der Waals surface area contributed by atoms with E-state index in [9.17, 15) is 9.59 Å². The van der Waals surface area contributed by atoms with Gasteiger partial charge < -0.3 is 4.57 Å². The SMILES string of the molecule is O=c1nc2n(Cc3ccc(Cl)cc3)cccc-2c(=O)n1Cc1ccccn1. The second kappa shape index (κ2) is 7.17. The van der Waals surface area contributed by atoms with Crippen molar-refractivity contribution in [1.29, 1.82) is 0 Å². The maximum Gasteiger partial charge on any atom is 0.352 e. The molecule has 2 aliphatic rings. The molecule has 0 spiro atoms. The molecule has 0 bridgehead atoms. The molecule has 6 nitrogen and oxygen atoms in total. The predicted molar refractivity (Wildman–Crippen MR) is 103 cm³/mol. The van der Waals surface area contributed by atoms with Gasteiger partial charge in [-0.05, 0) is 42.0 Å². The Bertz CT molecular complexity index is 1170. The van der Waals surface area contributed by atoms with E-state index in [4.69, 9.17) is 11.6 Å². The molecule has 0 fully saturated rings. The van der Waals surface area contributed by atoms with E-state index in [1.807, 2.05) is 18.2 Å². The van der Waals surface area contributed by atoms with Crippen LogP contribution >= 0.6 is 11.6 Å². The van der Waals surface area contributed by atoms with Crippen LogP contribution in [0, 0.1) is 0 Å². The molecule has 3 heterocycles. The number of rotatable bonds is 4. The summed E-state index contributed by atoms with van der Waals surface area (Å²) < 4.78 is 2.89. The first kappa shape index (κ1) is 17.2. The topological polar surface area (TPSA) is 69.8 Å². The van der Waals surface area contributed by atoms with Gasteiger partial charge in [0.2, 0.25) is 0 Å². The van der Waals surface area contributed by atoms with Crippen molar-refractivity contribution in [3.8, 4) is 11.4 Å². The molecule has 0 atom stereocenters. The largest absolute Gasteiger partial charge is 0.352 e. The molecular formula is C20H15ClN4O2. The van der Waals surface area contributed by atoms with E-state index in [0.717, 1.165) is 10.1 Å². The molecule has 0 N–H and O–H groups in total. The van der Waals surface area contributed by atoms with Crippen LogP contribution in [0.3, 0.4) is 0 Å². The van der Waals surface area contributed by atoms with E-state index >= 15 is 0 Å². The second-order valence-corrected chi connectivity index (χ2v) is 6.54. The Morgan fingerprint density at radius 1 is 0.926 bits per heavy atom. The minimum atomic E-state index is -0.589. The third kappa shape index (κ3) is 3.52. The molecule has 0 saturated heterocycles. The highest BCUT2D eigenvalue weighted by molar-refractivity contribution is 6.30. The van der Waals surface area contributed by atoms with Crippen LogP contribution in [-0.2, 0) is 13.1 Å². The monoisotopic (exact) mass is 378 g/mol. The van der Waals surface area contributed by atoms with Gasteiger partial charge in [-0.3, -0.25) is 14.3 Å². The zero-order valence-electron chi connectivity index (χ0n) is 14.2. The van der Waals surface area contributed by atoms with Gasteiger partial charge in [0.05, 0.1) is 17.8 Å². The van der Waals surface area contributed by atoms with Gasteiger partial charge >= 0.3 is 5.69 Å². The summed E-state index contributed by atoms with van der Waals surface area (Å²) in [4.78, 5) is 33.7. The van der Waals surface area contributed by atoms with E-state index in [1.54, 1.807) is 53.4 Å². The summed E-state index contributed by atoms with van der Waals surface area (Å²) in [5, 5.41) is 0.652. The van der Waals surface area contributed by atoms with Crippen molar-refractivity contribution in [2.75, 3.05) is 0 Å². The Morgan fingerprint density at radius 3 is 2.48 bits per heavy atom. The zero-order valence-corrected chi connectivity index (χ0v) is 15.0. The van der Waals surface area contributed by atoms with Crippen molar-refractivity contribution in [3.05, 3.63) is 104 Å². The Hall–Kier alpha value is -3.25. The van der Waals surface area contributed by atoms with Crippen molar-refractivity contribution < 1.29 is 0 Å². The summed E-state index contributed by atoms with van der Waals surface area (Å²) in [7, 11) is 0. The molecule has 1 aromatic heterocycles. The third-order valence-corrected chi connectivity index (χ3v) is 4.51. The summed E-state index contributed by atoms with van der Waals surface area (Å²) >= 11 is 5.93. The van der Waals surface area contributed by atoms with Crippen LogP contribution in [0.1, 0.15) is 11.3 Å². The quantitative estimate of drug-likeness (QED) is 0.547. The molecule has 134 valence electrons. The van der Waals surface area contributed by atoms with Gasteiger partial charge in [-0.1, -0.05) is 29.8 Å². The van der Waals surface area contributed by atoms with Gasteiger partial charge in [-0.2, -0.15) is 4.98 Å². The summed E-state index contributed by atoms with van der Waals surface area (Å²) in [5.74, 6) is 0.361. The number of aromatic nitrogens is 4. The van der Waals surface area contributed by atoms with Crippen LogP contribution in [-0.4, -0.2) is 19.1 Å². The first-order chi connectivity index (χ1) is 13.1. The lowest BCUT2D eigenvalue weighted by Crippen LogP contribution is -2.38. The molecule has 1 aromatic carbocycles. The molecular weight excluding hydrogens is 364 g/mol. The van der Waals surface area contributed by atoms with E-state index in [-0.39, 0.29) is 12.1 Å². The molecule has 2 aliphatic heterocycles. The molecule has 4 rings (SSSR count). The fraction of sp³-hybridized carbons (Fsp3) is 0.100. The van der Waals surface area contributed by atoms with Gasteiger partial charge in [0.1, 0.15) is 0 Å². The number of halogens is 1. The lowest BCUT2D eigenvalue weighted by molar-refractivity contribution is 0.668. The third-order valence-electron chi connectivity index (χ3n) is 4.26. The average Bonchev–Trinajstić information content (AvgIpc) is 2.68. The maximum absolute atomic E-state index is 12.9. The number of nitrogens with zero attached hydrogens (tertiary/aromatic N) is 4. The van der Waals surface area contributed by atoms with Crippen molar-refractivity contribution in [1.82, 2.24) is 19.1 Å². The predicted octanol–water partition coefficient (Wildman–Crippen LogP) is 2.65. The van der Waals surface area contributed by atoms with Gasteiger partial charge in [-0.25, -0.2) is 4.79 Å². The van der Waals surface area contributed by atoms with Crippen molar-refractivity contribution >= 4 is 11.6 Å². The van der Waals surface area contributed by atoms with E-state index in [1.165, 1.54) is 0 Å². The second-order valence-electron chi connectivity index (χ2n) is 6.11. The molecule has 7 heteroatoms. The van der Waals surface area contributed by atoms with Crippen LogP contribution in [0.2, 0.25) is 5.02 Å².